The average Bonchev–Trinajstić information content (AvgIpc) is 3.16. The summed E-state index contributed by atoms with van der Waals surface area (Å²) in [7, 11) is 0. The standard InChI is InChI=1S/C42H38O10/c1-4-39(43)49-24-10-8-7-9-23-48-32-16-13-28(14-17-32)41(45)51-34-19-22-37(38(27-34)47-6-3)52-42(46)31-15-20-35-29(25-31)11-12-30-26-33(18-21-36(30)35)50-40(44)5-2/h4-5,11-22,25-27H,1-2,6-10,23-24H2,3H3. The molecule has 5 rings (SSSR count). The number of ether oxygens (including phenoxy) is 6. The van der Waals surface area contributed by atoms with Gasteiger partial charge in [-0.05, 0) is 115 Å². The minimum atomic E-state index is -0.590. The van der Waals surface area contributed by atoms with Gasteiger partial charge in [0.25, 0.3) is 0 Å². The number of hydrogen-bond donors (Lipinski definition) is 0. The van der Waals surface area contributed by atoms with Crippen LogP contribution in [0.4, 0.5) is 0 Å². The third kappa shape index (κ3) is 9.85. The second kappa shape index (κ2) is 18.0. The number of benzene rings is 5. The van der Waals surface area contributed by atoms with E-state index in [1.54, 1.807) is 55.5 Å². The molecule has 0 aromatic heterocycles. The lowest BCUT2D eigenvalue weighted by molar-refractivity contribution is -0.137. The predicted molar refractivity (Wildman–Crippen MR) is 196 cm³/mol. The van der Waals surface area contributed by atoms with Gasteiger partial charge in [-0.3, -0.25) is 0 Å². The highest BCUT2D eigenvalue weighted by Crippen LogP contribution is 2.34. The molecule has 0 radical (unpaired) electrons. The highest BCUT2D eigenvalue weighted by Gasteiger charge is 2.17. The first-order chi connectivity index (χ1) is 25.3. The molecule has 0 aliphatic rings. The minimum Gasteiger partial charge on any atom is -0.494 e. The maximum absolute atomic E-state index is 13.2. The van der Waals surface area contributed by atoms with Crippen molar-refractivity contribution < 1.29 is 47.6 Å². The van der Waals surface area contributed by atoms with Crippen molar-refractivity contribution in [3.8, 4) is 28.7 Å². The first kappa shape index (κ1) is 36.9. The molecular weight excluding hydrogens is 664 g/mol. The van der Waals surface area contributed by atoms with E-state index in [9.17, 15) is 19.2 Å². The largest absolute Gasteiger partial charge is 0.494 e. The van der Waals surface area contributed by atoms with Crippen LogP contribution in [0.1, 0.15) is 53.3 Å². The molecule has 0 amide bonds. The van der Waals surface area contributed by atoms with Gasteiger partial charge in [-0.25, -0.2) is 19.2 Å². The van der Waals surface area contributed by atoms with E-state index in [2.05, 4.69) is 13.2 Å². The minimum absolute atomic E-state index is 0.171. The molecule has 0 saturated heterocycles. The van der Waals surface area contributed by atoms with Crippen molar-refractivity contribution >= 4 is 45.4 Å². The molecule has 0 bridgehead atoms. The molecule has 0 atom stereocenters. The van der Waals surface area contributed by atoms with Gasteiger partial charge in [0, 0.05) is 18.2 Å². The van der Waals surface area contributed by atoms with Crippen molar-refractivity contribution in [2.75, 3.05) is 19.8 Å². The predicted octanol–water partition coefficient (Wildman–Crippen LogP) is 8.59. The Kier molecular flexibility index (Phi) is 12.8. The van der Waals surface area contributed by atoms with Gasteiger partial charge in [0.1, 0.15) is 17.2 Å². The highest BCUT2D eigenvalue weighted by atomic mass is 16.6. The van der Waals surface area contributed by atoms with Gasteiger partial charge < -0.3 is 28.4 Å². The Labute approximate surface area is 301 Å². The summed E-state index contributed by atoms with van der Waals surface area (Å²) in [6.45, 7) is 9.75. The second-order valence-electron chi connectivity index (χ2n) is 11.5. The fraction of sp³-hybridized carbons (Fsp3) is 0.190. The lowest BCUT2D eigenvalue weighted by Gasteiger charge is -2.13. The van der Waals surface area contributed by atoms with Crippen molar-refractivity contribution in [1.29, 1.82) is 0 Å². The monoisotopic (exact) mass is 702 g/mol. The molecule has 0 aliphatic heterocycles. The Morgan fingerprint density at radius 3 is 1.85 bits per heavy atom. The number of rotatable bonds is 17. The molecule has 0 aliphatic carbocycles. The van der Waals surface area contributed by atoms with Crippen LogP contribution in [-0.4, -0.2) is 43.7 Å². The number of carbonyl (C=O) groups is 4. The molecule has 0 fully saturated rings. The van der Waals surface area contributed by atoms with Crippen LogP contribution in [-0.2, 0) is 14.3 Å². The third-order valence-corrected chi connectivity index (χ3v) is 7.86. The van der Waals surface area contributed by atoms with Gasteiger partial charge in [-0.15, -0.1) is 0 Å². The van der Waals surface area contributed by atoms with Crippen LogP contribution in [0.25, 0.3) is 21.5 Å². The van der Waals surface area contributed by atoms with Crippen molar-refractivity contribution in [1.82, 2.24) is 0 Å². The van der Waals surface area contributed by atoms with Crippen LogP contribution < -0.4 is 23.7 Å². The number of hydrogen-bond acceptors (Lipinski definition) is 10. The van der Waals surface area contributed by atoms with E-state index < -0.39 is 23.9 Å². The van der Waals surface area contributed by atoms with E-state index >= 15 is 0 Å². The van der Waals surface area contributed by atoms with Crippen molar-refractivity contribution in [2.24, 2.45) is 0 Å². The molecule has 10 nitrogen and oxygen atoms in total. The third-order valence-electron chi connectivity index (χ3n) is 7.86. The van der Waals surface area contributed by atoms with E-state index in [0.717, 1.165) is 59.4 Å². The van der Waals surface area contributed by atoms with Crippen molar-refractivity contribution in [3.05, 3.63) is 127 Å². The van der Waals surface area contributed by atoms with Gasteiger partial charge >= 0.3 is 23.9 Å². The maximum atomic E-state index is 13.2. The van der Waals surface area contributed by atoms with Gasteiger partial charge in [-0.2, -0.15) is 0 Å². The van der Waals surface area contributed by atoms with Gasteiger partial charge in [0.05, 0.1) is 30.9 Å². The fourth-order valence-corrected chi connectivity index (χ4v) is 5.29. The lowest BCUT2D eigenvalue weighted by Crippen LogP contribution is -2.11. The molecule has 5 aromatic rings. The molecule has 0 saturated carbocycles. The van der Waals surface area contributed by atoms with E-state index in [1.807, 2.05) is 24.3 Å². The van der Waals surface area contributed by atoms with E-state index in [-0.39, 0.29) is 23.9 Å². The smallest absolute Gasteiger partial charge is 0.343 e. The molecular formula is C42H38O10. The zero-order valence-electron chi connectivity index (χ0n) is 28.8. The number of unbranched alkanes of at least 4 members (excludes halogenated alkanes) is 3. The maximum Gasteiger partial charge on any atom is 0.343 e. The van der Waals surface area contributed by atoms with Crippen LogP contribution in [0.15, 0.2) is 116 Å². The first-order valence-electron chi connectivity index (χ1n) is 16.8. The van der Waals surface area contributed by atoms with E-state index in [0.29, 0.717) is 35.8 Å². The summed E-state index contributed by atoms with van der Waals surface area (Å²) in [5.41, 5.74) is 0.660. The van der Waals surface area contributed by atoms with Crippen LogP contribution >= 0.6 is 0 Å². The molecule has 5 aromatic carbocycles. The zero-order valence-corrected chi connectivity index (χ0v) is 28.8. The Bertz CT molecular complexity index is 2100. The summed E-state index contributed by atoms with van der Waals surface area (Å²) in [6.07, 6.45) is 5.72. The molecule has 10 heteroatoms. The Morgan fingerprint density at radius 1 is 0.538 bits per heavy atom. The number of fused-ring (bicyclic) bond motifs is 3. The quantitative estimate of drug-likeness (QED) is 0.0306. The molecule has 266 valence electrons. The van der Waals surface area contributed by atoms with Crippen LogP contribution in [0.2, 0.25) is 0 Å². The Balaban J connectivity index is 1.16. The first-order valence-corrected chi connectivity index (χ1v) is 16.8. The summed E-state index contributed by atoms with van der Waals surface area (Å²) >= 11 is 0. The summed E-state index contributed by atoms with van der Waals surface area (Å²) in [5, 5.41) is 3.52. The second-order valence-corrected chi connectivity index (χ2v) is 11.5. The fourth-order valence-electron chi connectivity index (χ4n) is 5.29. The zero-order chi connectivity index (χ0) is 36.9. The normalized spacial score (nSPS) is 10.6. The average molecular weight is 703 g/mol. The number of esters is 4. The van der Waals surface area contributed by atoms with E-state index in [4.69, 9.17) is 28.4 Å². The summed E-state index contributed by atoms with van der Waals surface area (Å²) in [4.78, 5) is 48.8. The molecule has 0 spiro atoms. The van der Waals surface area contributed by atoms with Gasteiger partial charge in [-0.1, -0.05) is 37.4 Å². The molecule has 52 heavy (non-hydrogen) atoms. The van der Waals surface area contributed by atoms with Crippen LogP contribution in [0, 0.1) is 0 Å². The topological polar surface area (TPSA) is 124 Å². The Hall–Kier alpha value is -6.42. The summed E-state index contributed by atoms with van der Waals surface area (Å²) in [6, 6.07) is 25.5. The summed E-state index contributed by atoms with van der Waals surface area (Å²) < 4.78 is 33.0. The summed E-state index contributed by atoms with van der Waals surface area (Å²) in [5.74, 6) is -0.456. The molecule has 0 heterocycles. The van der Waals surface area contributed by atoms with Crippen molar-refractivity contribution in [3.63, 3.8) is 0 Å². The number of carbonyl (C=O) groups excluding carboxylic acids is 4. The molecule has 0 N–H and O–H groups in total. The van der Waals surface area contributed by atoms with Gasteiger partial charge in [0.15, 0.2) is 11.5 Å². The lowest BCUT2D eigenvalue weighted by atomic mass is 10.00. The van der Waals surface area contributed by atoms with Crippen molar-refractivity contribution in [2.45, 2.75) is 32.6 Å². The SMILES string of the molecule is C=CC(=O)OCCCCCCOc1ccc(C(=O)Oc2ccc(OC(=O)c3ccc4c(ccc5cc(OC(=O)C=C)ccc54)c3)c(OCC)c2)cc1. The Morgan fingerprint density at radius 2 is 1.13 bits per heavy atom. The van der Waals surface area contributed by atoms with E-state index in [1.165, 1.54) is 18.2 Å². The van der Waals surface area contributed by atoms with Crippen LogP contribution in [0.5, 0.6) is 28.7 Å². The highest BCUT2D eigenvalue weighted by molar-refractivity contribution is 6.09. The van der Waals surface area contributed by atoms with Gasteiger partial charge in [0.2, 0.25) is 0 Å². The molecule has 0 unspecified atom stereocenters. The van der Waals surface area contributed by atoms with Crippen LogP contribution in [0.3, 0.4) is 0 Å².